The van der Waals surface area contributed by atoms with Crippen molar-refractivity contribution in [2.45, 2.75) is 58.0 Å². The van der Waals surface area contributed by atoms with Crippen molar-refractivity contribution in [1.82, 2.24) is 18.7 Å². The maximum absolute atomic E-state index is 13.3. The second-order valence-corrected chi connectivity index (χ2v) is 8.53. The van der Waals surface area contributed by atoms with Gasteiger partial charge in [0.25, 0.3) is 5.56 Å². The van der Waals surface area contributed by atoms with E-state index in [1.807, 2.05) is 6.07 Å². The predicted octanol–water partition coefficient (Wildman–Crippen LogP) is 1.41. The number of anilines is 1. The summed E-state index contributed by atoms with van der Waals surface area (Å²) in [6.07, 6.45) is 1.80. The third-order valence-corrected chi connectivity index (χ3v) is 6.40. The molecule has 0 radical (unpaired) electrons. The molecule has 3 N–H and O–H groups in total. The van der Waals surface area contributed by atoms with Crippen molar-refractivity contribution < 1.29 is 14.9 Å². The van der Waals surface area contributed by atoms with Gasteiger partial charge in [-0.05, 0) is 43.9 Å². The first-order valence-electron chi connectivity index (χ1n) is 11.0. The fourth-order valence-corrected chi connectivity index (χ4v) is 4.68. The Hall–Kier alpha value is -2.82. The number of methoxy groups -OCH3 is 1. The molecule has 0 spiro atoms. The van der Waals surface area contributed by atoms with Crippen LogP contribution in [0.25, 0.3) is 11.2 Å². The number of imidazole rings is 1. The summed E-state index contributed by atoms with van der Waals surface area (Å²) < 4.78 is 9.38. The van der Waals surface area contributed by atoms with E-state index >= 15 is 0 Å². The van der Waals surface area contributed by atoms with Gasteiger partial charge in [0.2, 0.25) is 5.95 Å². The molecule has 2 heterocycles. The fourth-order valence-electron chi connectivity index (χ4n) is 4.40. The molecule has 0 aliphatic heterocycles. The summed E-state index contributed by atoms with van der Waals surface area (Å²) in [5.41, 5.74) is 0.259. The van der Waals surface area contributed by atoms with Gasteiger partial charge >= 0.3 is 5.69 Å². The number of rotatable bonds is 8. The first-order valence-corrected chi connectivity index (χ1v) is 11.4. The Bertz CT molecular complexity index is 1280. The molecule has 0 saturated heterocycles. The number of nitrogens with one attached hydrogen (secondary N) is 1. The molecular formula is C22H28ClN5O5. The van der Waals surface area contributed by atoms with E-state index in [0.717, 1.165) is 23.0 Å². The van der Waals surface area contributed by atoms with E-state index in [4.69, 9.17) is 16.3 Å². The first-order chi connectivity index (χ1) is 15.9. The molecule has 0 unspecified atom stereocenters. The molecule has 10 nitrogen and oxygen atoms in total. The molecule has 1 aliphatic carbocycles. The van der Waals surface area contributed by atoms with Crippen molar-refractivity contribution in [2.75, 3.05) is 19.0 Å². The summed E-state index contributed by atoms with van der Waals surface area (Å²) in [4.78, 5) is 30.8. The molecule has 2 aromatic heterocycles. The molecule has 33 heavy (non-hydrogen) atoms. The van der Waals surface area contributed by atoms with Crippen LogP contribution in [-0.2, 0) is 19.6 Å². The fraction of sp³-hybridized carbons (Fsp3) is 0.500. The van der Waals surface area contributed by atoms with Crippen LogP contribution in [0.15, 0.2) is 27.8 Å². The average Bonchev–Trinajstić information content (AvgIpc) is 3.35. The summed E-state index contributed by atoms with van der Waals surface area (Å²) in [6.45, 7) is 1.88. The Kier molecular flexibility index (Phi) is 6.78. The Morgan fingerprint density at radius 2 is 2.03 bits per heavy atom. The molecule has 3 aromatic rings. The summed E-state index contributed by atoms with van der Waals surface area (Å²) in [5.74, 6) is 0.911. The van der Waals surface area contributed by atoms with Crippen molar-refractivity contribution in [3.05, 3.63) is 49.6 Å². The molecule has 1 fully saturated rings. The minimum atomic E-state index is -0.527. The van der Waals surface area contributed by atoms with Gasteiger partial charge in [0.1, 0.15) is 5.75 Å². The molecule has 1 saturated carbocycles. The molecular weight excluding hydrogens is 450 g/mol. The lowest BCUT2D eigenvalue weighted by Crippen LogP contribution is -2.40. The normalized spacial score (nSPS) is 18.2. The van der Waals surface area contributed by atoms with Gasteiger partial charge in [0, 0.05) is 6.54 Å². The van der Waals surface area contributed by atoms with Crippen LogP contribution < -0.4 is 21.3 Å². The number of halogens is 1. The molecule has 4 rings (SSSR count). The van der Waals surface area contributed by atoms with E-state index in [0.29, 0.717) is 23.1 Å². The van der Waals surface area contributed by atoms with Gasteiger partial charge in [-0.2, -0.15) is 4.98 Å². The van der Waals surface area contributed by atoms with Crippen LogP contribution in [0, 0.1) is 0 Å². The van der Waals surface area contributed by atoms with E-state index in [2.05, 4.69) is 10.3 Å². The highest BCUT2D eigenvalue weighted by Gasteiger charge is 2.28. The zero-order chi connectivity index (χ0) is 23.7. The van der Waals surface area contributed by atoms with Crippen LogP contribution in [0.1, 0.15) is 31.7 Å². The number of hydrogen-bond acceptors (Lipinski definition) is 7. The molecule has 1 aliphatic rings. The van der Waals surface area contributed by atoms with Crippen LogP contribution in [0.2, 0.25) is 5.02 Å². The Morgan fingerprint density at radius 3 is 2.64 bits per heavy atom. The quantitative estimate of drug-likeness (QED) is 0.448. The molecule has 0 bridgehead atoms. The van der Waals surface area contributed by atoms with Gasteiger partial charge in [0.05, 0.1) is 44.0 Å². The third-order valence-electron chi connectivity index (χ3n) is 6.11. The minimum absolute atomic E-state index is 0.00643. The summed E-state index contributed by atoms with van der Waals surface area (Å²) in [6, 6.07) is 5.12. The van der Waals surface area contributed by atoms with Crippen molar-refractivity contribution in [1.29, 1.82) is 0 Å². The second kappa shape index (κ2) is 9.58. The van der Waals surface area contributed by atoms with Crippen LogP contribution >= 0.6 is 11.6 Å². The third kappa shape index (κ3) is 4.25. The van der Waals surface area contributed by atoms with E-state index in [-0.39, 0.29) is 43.4 Å². The standard InChI is InChI=1S/C22H28ClN5O5/c1-3-26-20(31)18-19(27(9-10-29)22(26)32)25-21(24-15-5-4-6-16(15)30)28(18)12-13-7-8-17(33-2)14(23)11-13/h7-8,11,15-16,29-30H,3-6,9-10,12H2,1-2H3,(H,24,25)/t15-,16-/m1/s1. The number of benzene rings is 1. The maximum atomic E-state index is 13.3. The topological polar surface area (TPSA) is 124 Å². The largest absolute Gasteiger partial charge is 0.495 e. The lowest BCUT2D eigenvalue weighted by Gasteiger charge is -2.18. The molecule has 11 heteroatoms. The number of aliphatic hydroxyl groups is 2. The number of aliphatic hydroxyl groups excluding tert-OH is 2. The van der Waals surface area contributed by atoms with Crippen molar-refractivity contribution >= 4 is 28.7 Å². The molecule has 178 valence electrons. The average molecular weight is 478 g/mol. The highest BCUT2D eigenvalue weighted by molar-refractivity contribution is 6.32. The van der Waals surface area contributed by atoms with Gasteiger partial charge in [0.15, 0.2) is 11.2 Å². The second-order valence-electron chi connectivity index (χ2n) is 8.12. The van der Waals surface area contributed by atoms with Crippen molar-refractivity contribution in [2.24, 2.45) is 0 Å². The number of aromatic nitrogens is 4. The van der Waals surface area contributed by atoms with Crippen LogP contribution in [0.4, 0.5) is 5.95 Å². The van der Waals surface area contributed by atoms with E-state index in [1.54, 1.807) is 23.6 Å². The molecule has 0 amide bonds. The molecule has 2 atom stereocenters. The van der Waals surface area contributed by atoms with Gasteiger partial charge in [-0.25, -0.2) is 4.79 Å². The monoisotopic (exact) mass is 477 g/mol. The Labute approximate surface area is 195 Å². The number of nitrogens with zero attached hydrogens (tertiary/aromatic N) is 4. The van der Waals surface area contributed by atoms with Crippen molar-refractivity contribution in [3.8, 4) is 5.75 Å². The SMILES string of the molecule is CCn1c(=O)c2c(nc(N[C@@H]3CCC[C@H]3O)n2Cc2ccc(OC)c(Cl)c2)n(CCO)c1=O. The maximum Gasteiger partial charge on any atom is 0.332 e. The summed E-state index contributed by atoms with van der Waals surface area (Å²) >= 11 is 6.31. The number of hydrogen-bond donors (Lipinski definition) is 3. The van der Waals surface area contributed by atoms with Crippen LogP contribution in [0.5, 0.6) is 5.75 Å². The van der Waals surface area contributed by atoms with Crippen LogP contribution in [-0.4, -0.2) is 54.8 Å². The highest BCUT2D eigenvalue weighted by atomic mass is 35.5. The van der Waals surface area contributed by atoms with E-state index in [9.17, 15) is 19.8 Å². The van der Waals surface area contributed by atoms with E-state index in [1.165, 1.54) is 11.7 Å². The zero-order valence-electron chi connectivity index (χ0n) is 18.6. The lowest BCUT2D eigenvalue weighted by atomic mass is 10.2. The number of ether oxygens (including phenoxy) is 1. The van der Waals surface area contributed by atoms with Gasteiger partial charge < -0.3 is 20.3 Å². The molecule has 1 aromatic carbocycles. The highest BCUT2D eigenvalue weighted by Crippen LogP contribution is 2.28. The Morgan fingerprint density at radius 1 is 1.24 bits per heavy atom. The van der Waals surface area contributed by atoms with Gasteiger partial charge in [-0.15, -0.1) is 0 Å². The van der Waals surface area contributed by atoms with Gasteiger partial charge in [-0.1, -0.05) is 17.7 Å². The van der Waals surface area contributed by atoms with Crippen molar-refractivity contribution in [3.63, 3.8) is 0 Å². The Balaban J connectivity index is 1.93. The zero-order valence-corrected chi connectivity index (χ0v) is 19.4. The predicted molar refractivity (Wildman–Crippen MR) is 125 cm³/mol. The lowest BCUT2D eigenvalue weighted by molar-refractivity contribution is 0.171. The first kappa shape index (κ1) is 23.3. The van der Waals surface area contributed by atoms with E-state index < -0.39 is 17.4 Å². The summed E-state index contributed by atoms with van der Waals surface area (Å²) in [7, 11) is 1.53. The number of fused-ring (bicyclic) bond motifs is 1. The summed E-state index contributed by atoms with van der Waals surface area (Å²) in [5, 5.41) is 23.6. The smallest absolute Gasteiger partial charge is 0.332 e. The van der Waals surface area contributed by atoms with Gasteiger partial charge in [-0.3, -0.25) is 18.5 Å². The minimum Gasteiger partial charge on any atom is -0.495 e. The van der Waals surface area contributed by atoms with Crippen LogP contribution in [0.3, 0.4) is 0 Å².